The molecule has 0 atom stereocenters. The minimum atomic E-state index is 0.402. The summed E-state index contributed by atoms with van der Waals surface area (Å²) in [4.78, 5) is 17.8. The van der Waals surface area contributed by atoms with Gasteiger partial charge in [0.05, 0.1) is 16.9 Å². The molecule has 4 heterocycles. The van der Waals surface area contributed by atoms with Crippen LogP contribution in [0.3, 0.4) is 0 Å². The van der Waals surface area contributed by atoms with Gasteiger partial charge in [-0.3, -0.25) is 0 Å². The van der Waals surface area contributed by atoms with Crippen molar-refractivity contribution < 1.29 is 4.74 Å². The topological polar surface area (TPSA) is 69.3 Å². The van der Waals surface area contributed by atoms with E-state index in [1.807, 2.05) is 0 Å². The summed E-state index contributed by atoms with van der Waals surface area (Å²) in [7, 11) is 1.79. The Kier molecular flexibility index (Phi) is 7.75. The molecule has 1 aromatic carbocycles. The van der Waals surface area contributed by atoms with Crippen LogP contribution in [0.5, 0.6) is 0 Å². The van der Waals surface area contributed by atoms with Crippen LogP contribution < -0.4 is 10.2 Å². The number of hydrogen-bond acceptors (Lipinski definition) is 6. The van der Waals surface area contributed by atoms with E-state index < -0.39 is 0 Å². The highest BCUT2D eigenvalue weighted by Crippen LogP contribution is 2.33. The number of piperidine rings is 2. The number of rotatable bonds is 8. The third-order valence-electron chi connectivity index (χ3n) is 7.70. The largest absolute Gasteiger partial charge is 0.385 e. The van der Waals surface area contributed by atoms with Gasteiger partial charge in [-0.1, -0.05) is 18.5 Å². The van der Waals surface area contributed by atoms with Crippen molar-refractivity contribution >= 4 is 34.1 Å². The van der Waals surface area contributed by atoms with Gasteiger partial charge in [-0.25, -0.2) is 9.97 Å². The number of H-pyrrole nitrogens is 1. The second-order valence-electron chi connectivity index (χ2n) is 9.88. The van der Waals surface area contributed by atoms with Crippen molar-refractivity contribution in [3.05, 3.63) is 35.5 Å². The van der Waals surface area contributed by atoms with Crippen LogP contribution in [-0.4, -0.2) is 72.3 Å². The van der Waals surface area contributed by atoms with Gasteiger partial charge in [-0.05, 0) is 68.8 Å². The van der Waals surface area contributed by atoms with Crippen molar-refractivity contribution in [2.24, 2.45) is 5.92 Å². The van der Waals surface area contributed by atoms with Gasteiger partial charge >= 0.3 is 0 Å². The van der Waals surface area contributed by atoms with Gasteiger partial charge in [-0.2, -0.15) is 0 Å². The van der Waals surface area contributed by atoms with E-state index >= 15 is 0 Å². The van der Waals surface area contributed by atoms with Gasteiger partial charge in [0.15, 0.2) is 5.65 Å². The summed E-state index contributed by atoms with van der Waals surface area (Å²) in [6.45, 7) is 8.64. The molecule has 3 aromatic rings. The highest BCUT2D eigenvalue weighted by atomic mass is 35.5. The second-order valence-corrected chi connectivity index (χ2v) is 10.3. The van der Waals surface area contributed by atoms with Gasteiger partial charge < -0.3 is 24.8 Å². The standard InChI is InChI=1S/C27H37ClN6O/c1-3-33-13-10-21(11-14-33)30-24-23(28)18-29-27-25(24)31-26(32-27)20-4-6-22(7-5-20)34-15-8-19(9-16-34)12-17-35-2/h4-7,18-19,21H,3,8-17H2,1-2H3,(H2,29,30,31,32). The van der Waals surface area contributed by atoms with Crippen molar-refractivity contribution in [2.45, 2.75) is 45.1 Å². The van der Waals surface area contributed by atoms with E-state index in [1.165, 1.54) is 24.9 Å². The number of nitrogens with zero attached hydrogens (tertiary/aromatic N) is 4. The van der Waals surface area contributed by atoms with E-state index in [4.69, 9.17) is 21.3 Å². The number of anilines is 2. The Morgan fingerprint density at radius 2 is 1.83 bits per heavy atom. The Morgan fingerprint density at radius 1 is 1.09 bits per heavy atom. The number of ether oxygens (including phenoxy) is 1. The van der Waals surface area contributed by atoms with Crippen molar-refractivity contribution in [3.8, 4) is 11.4 Å². The zero-order valence-electron chi connectivity index (χ0n) is 20.9. The molecule has 0 amide bonds. The lowest BCUT2D eigenvalue weighted by atomic mass is 9.93. The zero-order valence-corrected chi connectivity index (χ0v) is 21.7. The normalized spacial score (nSPS) is 18.4. The first-order valence-electron chi connectivity index (χ1n) is 13.0. The molecule has 7 nitrogen and oxygen atoms in total. The molecule has 2 N–H and O–H groups in total. The molecule has 0 bridgehead atoms. The molecule has 0 unspecified atom stereocenters. The molecule has 0 saturated carbocycles. The van der Waals surface area contributed by atoms with Crippen molar-refractivity contribution in [3.63, 3.8) is 0 Å². The number of aromatic nitrogens is 3. The lowest BCUT2D eigenvalue weighted by Gasteiger charge is -2.33. The molecular formula is C27H37ClN6O. The minimum Gasteiger partial charge on any atom is -0.385 e. The monoisotopic (exact) mass is 496 g/mol. The first kappa shape index (κ1) is 24.3. The van der Waals surface area contributed by atoms with E-state index in [1.54, 1.807) is 13.3 Å². The third-order valence-corrected chi connectivity index (χ3v) is 7.99. The number of imidazole rings is 1. The molecule has 0 spiro atoms. The number of halogens is 1. The molecule has 5 rings (SSSR count). The number of hydrogen-bond donors (Lipinski definition) is 2. The highest BCUT2D eigenvalue weighted by molar-refractivity contribution is 6.34. The van der Waals surface area contributed by atoms with E-state index in [9.17, 15) is 0 Å². The van der Waals surface area contributed by atoms with Crippen molar-refractivity contribution in [1.82, 2.24) is 19.9 Å². The van der Waals surface area contributed by atoms with Crippen LogP contribution in [-0.2, 0) is 4.74 Å². The Balaban J connectivity index is 1.28. The summed E-state index contributed by atoms with van der Waals surface area (Å²) in [5.74, 6) is 1.60. The number of benzene rings is 1. The SMILES string of the molecule is CCN1CCC(Nc2c(Cl)cnc3[nH]c(-c4ccc(N5CCC(CCOC)CC5)cc4)nc23)CC1. The summed E-state index contributed by atoms with van der Waals surface area (Å²) in [5.41, 5.74) is 4.80. The van der Waals surface area contributed by atoms with E-state index in [0.29, 0.717) is 11.1 Å². The quantitative estimate of drug-likeness (QED) is 0.433. The van der Waals surface area contributed by atoms with Crippen LogP contribution in [0, 0.1) is 5.92 Å². The van der Waals surface area contributed by atoms with Crippen LogP contribution in [0.1, 0.15) is 39.0 Å². The maximum Gasteiger partial charge on any atom is 0.159 e. The van der Waals surface area contributed by atoms with Gasteiger partial charge in [0.1, 0.15) is 11.3 Å². The zero-order chi connectivity index (χ0) is 24.2. The van der Waals surface area contributed by atoms with E-state index in [2.05, 4.69) is 56.3 Å². The number of methoxy groups -OCH3 is 1. The average molecular weight is 497 g/mol. The summed E-state index contributed by atoms with van der Waals surface area (Å²) >= 11 is 6.58. The molecule has 8 heteroatoms. The summed E-state index contributed by atoms with van der Waals surface area (Å²) in [5, 5.41) is 4.30. The number of nitrogens with one attached hydrogen (secondary N) is 2. The predicted molar refractivity (Wildman–Crippen MR) is 145 cm³/mol. The first-order valence-corrected chi connectivity index (χ1v) is 13.4. The lowest BCUT2D eigenvalue weighted by Crippen LogP contribution is -2.38. The second kappa shape index (κ2) is 11.1. The maximum absolute atomic E-state index is 6.58. The van der Waals surface area contributed by atoms with Crippen molar-refractivity contribution in [1.29, 1.82) is 0 Å². The van der Waals surface area contributed by atoms with Crippen molar-refractivity contribution in [2.75, 3.05) is 56.7 Å². The van der Waals surface area contributed by atoms with Crippen LogP contribution in [0.25, 0.3) is 22.6 Å². The van der Waals surface area contributed by atoms with E-state index in [-0.39, 0.29) is 0 Å². The highest BCUT2D eigenvalue weighted by Gasteiger charge is 2.22. The molecule has 0 aliphatic carbocycles. The fraction of sp³-hybridized carbons (Fsp3) is 0.556. The summed E-state index contributed by atoms with van der Waals surface area (Å²) in [6.07, 6.45) is 7.56. The predicted octanol–water partition coefficient (Wildman–Crippen LogP) is 5.43. The molecule has 2 aliphatic heterocycles. The van der Waals surface area contributed by atoms with Crippen LogP contribution in [0.2, 0.25) is 5.02 Å². The molecule has 35 heavy (non-hydrogen) atoms. The molecule has 2 aromatic heterocycles. The van der Waals surface area contributed by atoms with Crippen LogP contribution in [0.4, 0.5) is 11.4 Å². The fourth-order valence-electron chi connectivity index (χ4n) is 5.40. The maximum atomic E-state index is 6.58. The van der Waals surface area contributed by atoms with Gasteiger partial charge in [0, 0.05) is 57.2 Å². The van der Waals surface area contributed by atoms with E-state index in [0.717, 1.165) is 86.3 Å². The van der Waals surface area contributed by atoms with Gasteiger partial charge in [0.25, 0.3) is 0 Å². The van der Waals surface area contributed by atoms with Gasteiger partial charge in [-0.15, -0.1) is 0 Å². The van der Waals surface area contributed by atoms with Gasteiger partial charge in [0.2, 0.25) is 0 Å². The number of pyridine rings is 1. The number of aromatic amines is 1. The first-order chi connectivity index (χ1) is 17.1. The molecule has 0 radical (unpaired) electrons. The van der Waals surface area contributed by atoms with Crippen LogP contribution >= 0.6 is 11.6 Å². The molecule has 188 valence electrons. The third kappa shape index (κ3) is 5.57. The molecule has 2 fully saturated rings. The number of likely N-dealkylation sites (tertiary alicyclic amines) is 1. The Bertz CT molecular complexity index is 1100. The lowest BCUT2D eigenvalue weighted by molar-refractivity contribution is 0.170. The Hall–Kier alpha value is -2.35. The molecule has 2 aliphatic rings. The minimum absolute atomic E-state index is 0.402. The Labute approximate surface area is 213 Å². The number of fused-ring (bicyclic) bond motifs is 1. The fourth-order valence-corrected chi connectivity index (χ4v) is 5.59. The summed E-state index contributed by atoms with van der Waals surface area (Å²) in [6, 6.07) is 9.12. The molecule has 2 saturated heterocycles. The van der Waals surface area contributed by atoms with Crippen LogP contribution in [0.15, 0.2) is 30.5 Å². The average Bonchev–Trinajstić information content (AvgIpc) is 3.35. The smallest absolute Gasteiger partial charge is 0.159 e. The summed E-state index contributed by atoms with van der Waals surface area (Å²) < 4.78 is 5.25. The molecular weight excluding hydrogens is 460 g/mol. The Morgan fingerprint density at radius 3 is 2.51 bits per heavy atom.